The molecule has 0 atom stereocenters. The summed E-state index contributed by atoms with van der Waals surface area (Å²) in [5.74, 6) is 0. The van der Waals surface area contributed by atoms with E-state index >= 15 is 0 Å². The van der Waals surface area contributed by atoms with Gasteiger partial charge in [-0.15, -0.1) is 0 Å². The van der Waals surface area contributed by atoms with Crippen molar-refractivity contribution in [2.45, 2.75) is 0 Å². The maximum absolute atomic E-state index is 0. The standard InChI is InChI=1S/Ca.K.4H2O.3H/h;;4*1H2;;;. The molecule has 0 rings (SSSR count). The molecule has 0 aromatic heterocycles. The molecule has 0 aliphatic carbocycles. The summed E-state index contributed by atoms with van der Waals surface area (Å²) >= 11 is 0. The van der Waals surface area contributed by atoms with Crippen molar-refractivity contribution >= 4 is 89.1 Å². The topological polar surface area (TPSA) is 126 Å². The van der Waals surface area contributed by atoms with Crippen LogP contribution < -0.4 is 0 Å². The predicted molar refractivity (Wildman–Crippen MR) is 30.1 cm³/mol. The maximum atomic E-state index is 0. The van der Waals surface area contributed by atoms with Crippen LogP contribution in [0, 0.1) is 0 Å². The van der Waals surface area contributed by atoms with Gasteiger partial charge in [-0.3, -0.25) is 0 Å². The van der Waals surface area contributed by atoms with E-state index in [0.717, 1.165) is 0 Å². The third-order valence-electron chi connectivity index (χ3n) is 0. The van der Waals surface area contributed by atoms with Crippen LogP contribution in [-0.4, -0.2) is 111 Å². The van der Waals surface area contributed by atoms with Gasteiger partial charge in [0.1, 0.15) is 0 Å². The molecule has 6 heteroatoms. The van der Waals surface area contributed by atoms with Gasteiger partial charge in [-0.1, -0.05) is 0 Å². The Morgan fingerprint density at radius 3 is 0.500 bits per heavy atom. The van der Waals surface area contributed by atoms with Crippen LogP contribution in [0.15, 0.2) is 0 Å². The number of hydrogen-bond acceptors (Lipinski definition) is 0. The Kier molecular flexibility index (Phi) is 546. The molecule has 0 aromatic carbocycles. The first-order valence-corrected chi connectivity index (χ1v) is 0. The van der Waals surface area contributed by atoms with E-state index < -0.39 is 0 Å². The van der Waals surface area contributed by atoms with Crippen molar-refractivity contribution in [1.29, 1.82) is 0 Å². The van der Waals surface area contributed by atoms with Crippen molar-refractivity contribution < 1.29 is 21.9 Å². The molecule has 6 heavy (non-hydrogen) atoms. The van der Waals surface area contributed by atoms with E-state index in [1.165, 1.54) is 0 Å². The molecule has 0 aromatic rings. The van der Waals surface area contributed by atoms with Crippen LogP contribution in [-0.2, 0) is 0 Å². The Bertz CT molecular complexity index is 7.51. The van der Waals surface area contributed by atoms with E-state index in [1.807, 2.05) is 0 Å². The summed E-state index contributed by atoms with van der Waals surface area (Å²) in [4.78, 5) is 0. The molecule has 0 fully saturated rings. The first kappa shape index (κ1) is 69.8. The molecule has 0 bridgehead atoms. The normalized spacial score (nSPS) is 0. The monoisotopic (exact) mass is 154 g/mol. The first-order chi connectivity index (χ1) is 0. The molecule has 0 aliphatic heterocycles. The Hall–Kier alpha value is 2.74. The van der Waals surface area contributed by atoms with Gasteiger partial charge in [0.05, 0.1) is 0 Å². The van der Waals surface area contributed by atoms with Gasteiger partial charge in [0.15, 0.2) is 0 Å². The van der Waals surface area contributed by atoms with Crippen LogP contribution in [0.1, 0.15) is 0 Å². The Morgan fingerprint density at radius 2 is 0.500 bits per heavy atom. The van der Waals surface area contributed by atoms with Gasteiger partial charge in [-0.25, -0.2) is 0 Å². The third-order valence-corrected chi connectivity index (χ3v) is 0. The van der Waals surface area contributed by atoms with E-state index in [4.69, 9.17) is 0 Å². The van der Waals surface area contributed by atoms with Gasteiger partial charge in [0, 0.05) is 0 Å². The molecular formula is H11CaKO4. The van der Waals surface area contributed by atoms with Gasteiger partial charge in [-0.05, 0) is 0 Å². The van der Waals surface area contributed by atoms with Gasteiger partial charge < -0.3 is 21.9 Å². The molecule has 4 nitrogen and oxygen atoms in total. The van der Waals surface area contributed by atoms with E-state index in [9.17, 15) is 0 Å². The zero-order valence-corrected chi connectivity index (χ0v) is 2.00. The first-order valence-electron chi connectivity index (χ1n) is 0. The molecule has 0 unspecified atom stereocenters. The molecule has 38 valence electrons. The summed E-state index contributed by atoms with van der Waals surface area (Å²) in [5.41, 5.74) is 0. The summed E-state index contributed by atoms with van der Waals surface area (Å²) in [6.07, 6.45) is 0. The fourth-order valence-corrected chi connectivity index (χ4v) is 0. The van der Waals surface area contributed by atoms with Gasteiger partial charge in [0.25, 0.3) is 0 Å². The van der Waals surface area contributed by atoms with Crippen LogP contribution in [0.5, 0.6) is 0 Å². The SMILES string of the molecule is O.O.O.O.[CaH2].[KH]. The van der Waals surface area contributed by atoms with Crippen molar-refractivity contribution in [2.75, 3.05) is 0 Å². The summed E-state index contributed by atoms with van der Waals surface area (Å²) in [6, 6.07) is 0. The molecule has 0 saturated carbocycles. The Labute approximate surface area is 108 Å². The molecule has 0 heterocycles. The summed E-state index contributed by atoms with van der Waals surface area (Å²) in [6.45, 7) is 0. The number of rotatable bonds is 0. The van der Waals surface area contributed by atoms with Crippen LogP contribution in [0.3, 0.4) is 0 Å². The minimum atomic E-state index is 0. The summed E-state index contributed by atoms with van der Waals surface area (Å²) in [7, 11) is 0. The Morgan fingerprint density at radius 1 is 0.500 bits per heavy atom. The van der Waals surface area contributed by atoms with Gasteiger partial charge in [-0.2, -0.15) is 0 Å². The van der Waals surface area contributed by atoms with Crippen molar-refractivity contribution in [3.05, 3.63) is 0 Å². The second kappa shape index (κ2) is 46.9. The van der Waals surface area contributed by atoms with E-state index in [-0.39, 0.29) is 111 Å². The van der Waals surface area contributed by atoms with Crippen molar-refractivity contribution in [3.63, 3.8) is 0 Å². The van der Waals surface area contributed by atoms with Gasteiger partial charge in [0.2, 0.25) is 0 Å². The molecule has 0 radical (unpaired) electrons. The quantitative estimate of drug-likeness (QED) is 0.310. The van der Waals surface area contributed by atoms with Crippen molar-refractivity contribution in [2.24, 2.45) is 0 Å². The fourth-order valence-electron chi connectivity index (χ4n) is 0. The molecule has 0 saturated heterocycles. The molecule has 0 amide bonds. The molecule has 0 aliphatic rings. The third kappa shape index (κ3) is 29.6. The average molecular weight is 154 g/mol. The predicted octanol–water partition coefficient (Wildman–Crippen LogP) is -4.86. The number of hydrogen-bond donors (Lipinski definition) is 0. The zero-order valence-electron chi connectivity index (χ0n) is 2.00. The van der Waals surface area contributed by atoms with Crippen LogP contribution >= 0.6 is 0 Å². The fraction of sp³-hybridized carbons (Fsp3) is 0. The molecular weight excluding hydrogens is 143 g/mol. The van der Waals surface area contributed by atoms with Gasteiger partial charge >= 0.3 is 89.1 Å². The van der Waals surface area contributed by atoms with E-state index in [1.54, 1.807) is 0 Å². The van der Waals surface area contributed by atoms with Crippen molar-refractivity contribution in [1.82, 2.24) is 0 Å². The Balaban J connectivity index is 0. The molecule has 0 spiro atoms. The van der Waals surface area contributed by atoms with Crippen LogP contribution in [0.4, 0.5) is 0 Å². The molecule has 8 N–H and O–H groups in total. The minimum absolute atomic E-state index is 0. The van der Waals surface area contributed by atoms with Crippen molar-refractivity contribution in [3.8, 4) is 0 Å². The summed E-state index contributed by atoms with van der Waals surface area (Å²) in [5, 5.41) is 0. The van der Waals surface area contributed by atoms with E-state index in [0.29, 0.717) is 0 Å². The summed E-state index contributed by atoms with van der Waals surface area (Å²) < 4.78 is 0. The van der Waals surface area contributed by atoms with Crippen LogP contribution in [0.25, 0.3) is 0 Å². The zero-order chi connectivity index (χ0) is 0. The van der Waals surface area contributed by atoms with E-state index in [2.05, 4.69) is 0 Å². The second-order valence-electron chi connectivity index (χ2n) is 0. The van der Waals surface area contributed by atoms with Crippen LogP contribution in [0.2, 0.25) is 0 Å². The second-order valence-corrected chi connectivity index (χ2v) is 0. The average Bonchev–Trinajstić information content (AvgIpc) is 0.